The molecule has 0 unspecified atom stereocenters. The summed E-state index contributed by atoms with van der Waals surface area (Å²) >= 11 is 1.78. The summed E-state index contributed by atoms with van der Waals surface area (Å²) in [5.74, 6) is 1.57. The first-order chi connectivity index (χ1) is 11.8. The van der Waals surface area contributed by atoms with Gasteiger partial charge in [-0.25, -0.2) is 0 Å². The number of aryl methyl sites for hydroxylation is 1. The van der Waals surface area contributed by atoms with E-state index in [1.54, 1.807) is 24.7 Å². The minimum absolute atomic E-state index is 0.540. The Morgan fingerprint density at radius 3 is 2.62 bits per heavy atom. The number of benzene rings is 1. The van der Waals surface area contributed by atoms with Gasteiger partial charge in [-0.15, -0.1) is 21.5 Å². The minimum atomic E-state index is 0.540. The second-order valence-corrected chi connectivity index (χ2v) is 6.62. The number of nitrogens with zero attached hydrogens (tertiary/aromatic N) is 4. The number of aromatic nitrogens is 3. The maximum Gasteiger partial charge on any atom is 0.191 e. The molecule has 24 heavy (non-hydrogen) atoms. The average Bonchev–Trinajstić information content (AvgIpc) is 3.25. The Kier molecular flexibility index (Phi) is 5.22. The molecule has 0 aliphatic heterocycles. The molecule has 0 aliphatic carbocycles. The van der Waals surface area contributed by atoms with Crippen molar-refractivity contribution in [3.8, 4) is 5.69 Å². The highest BCUT2D eigenvalue weighted by molar-refractivity contribution is 7.11. The molecule has 0 aliphatic rings. The Bertz CT molecular complexity index is 805. The summed E-state index contributed by atoms with van der Waals surface area (Å²) in [4.78, 5) is 6.84. The van der Waals surface area contributed by atoms with Crippen molar-refractivity contribution < 1.29 is 0 Å². The van der Waals surface area contributed by atoms with E-state index in [1.807, 2.05) is 34.9 Å². The smallest absolute Gasteiger partial charge is 0.191 e. The second-order valence-electron chi connectivity index (χ2n) is 5.24. The Morgan fingerprint density at radius 1 is 1.12 bits per heavy atom. The van der Waals surface area contributed by atoms with Crippen molar-refractivity contribution in [3.05, 3.63) is 64.4 Å². The minimum Gasteiger partial charge on any atom is -0.352 e. The van der Waals surface area contributed by atoms with Gasteiger partial charge in [-0.1, -0.05) is 18.2 Å². The van der Waals surface area contributed by atoms with Crippen molar-refractivity contribution >= 4 is 17.3 Å². The lowest BCUT2D eigenvalue weighted by molar-refractivity contribution is 0.756. The van der Waals surface area contributed by atoms with Gasteiger partial charge in [0.15, 0.2) is 11.8 Å². The lowest BCUT2D eigenvalue weighted by Gasteiger charge is -2.12. The zero-order chi connectivity index (χ0) is 16.8. The summed E-state index contributed by atoms with van der Waals surface area (Å²) in [6.45, 7) is 3.40. The number of thiophene rings is 1. The second kappa shape index (κ2) is 7.74. The van der Waals surface area contributed by atoms with Crippen LogP contribution in [-0.4, -0.2) is 27.8 Å². The van der Waals surface area contributed by atoms with Crippen LogP contribution in [0.25, 0.3) is 5.69 Å². The summed E-state index contributed by atoms with van der Waals surface area (Å²) in [5.41, 5.74) is 1.04. The highest BCUT2D eigenvalue weighted by Crippen LogP contribution is 2.14. The molecule has 0 spiro atoms. The SMILES string of the molecule is CN=C(NCc1ccc(C)s1)NCc1nncn1-c1ccccc1. The highest BCUT2D eigenvalue weighted by atomic mass is 32.1. The lowest BCUT2D eigenvalue weighted by Crippen LogP contribution is -2.36. The van der Waals surface area contributed by atoms with Gasteiger partial charge in [0.1, 0.15) is 6.33 Å². The van der Waals surface area contributed by atoms with Crippen LogP contribution in [0.15, 0.2) is 53.8 Å². The van der Waals surface area contributed by atoms with E-state index in [0.717, 1.165) is 24.0 Å². The quantitative estimate of drug-likeness (QED) is 0.553. The lowest BCUT2D eigenvalue weighted by atomic mass is 10.3. The van der Waals surface area contributed by atoms with Gasteiger partial charge < -0.3 is 10.6 Å². The number of aliphatic imine (C=N–C) groups is 1. The van der Waals surface area contributed by atoms with Crippen LogP contribution < -0.4 is 10.6 Å². The third-order valence-corrected chi connectivity index (χ3v) is 4.52. The molecular weight excluding hydrogens is 320 g/mol. The van der Waals surface area contributed by atoms with Gasteiger partial charge >= 0.3 is 0 Å². The molecular formula is C17H20N6S. The zero-order valence-electron chi connectivity index (χ0n) is 13.7. The van der Waals surface area contributed by atoms with Crippen LogP contribution in [0.3, 0.4) is 0 Å². The number of guanidine groups is 1. The molecule has 2 heterocycles. The van der Waals surface area contributed by atoms with Crippen molar-refractivity contribution in [3.63, 3.8) is 0 Å². The van der Waals surface area contributed by atoms with Crippen molar-refractivity contribution in [1.82, 2.24) is 25.4 Å². The number of hydrogen-bond acceptors (Lipinski definition) is 4. The monoisotopic (exact) mass is 340 g/mol. The number of para-hydroxylation sites is 1. The molecule has 0 amide bonds. The summed E-state index contributed by atoms with van der Waals surface area (Å²) in [6, 6.07) is 14.3. The molecule has 0 saturated heterocycles. The Morgan fingerprint density at radius 2 is 1.92 bits per heavy atom. The fraction of sp³-hybridized carbons (Fsp3) is 0.235. The van der Waals surface area contributed by atoms with E-state index in [4.69, 9.17) is 0 Å². The summed E-state index contributed by atoms with van der Waals surface area (Å²) < 4.78 is 1.96. The molecule has 0 bridgehead atoms. The highest BCUT2D eigenvalue weighted by Gasteiger charge is 2.07. The van der Waals surface area contributed by atoms with Crippen LogP contribution in [0.1, 0.15) is 15.6 Å². The molecule has 0 saturated carbocycles. The van der Waals surface area contributed by atoms with Gasteiger partial charge in [0.2, 0.25) is 0 Å². The average molecular weight is 340 g/mol. The maximum absolute atomic E-state index is 4.25. The predicted octanol–water partition coefficient (Wildman–Crippen LogP) is 2.50. The van der Waals surface area contributed by atoms with E-state index in [9.17, 15) is 0 Å². The standard InChI is InChI=1S/C17H20N6S/c1-13-8-9-15(24-13)10-19-17(18-2)20-11-16-22-21-12-23(16)14-6-4-3-5-7-14/h3-9,12H,10-11H2,1-2H3,(H2,18,19,20). The number of nitrogens with one attached hydrogen (secondary N) is 2. The maximum atomic E-state index is 4.25. The molecule has 0 radical (unpaired) electrons. The van der Waals surface area contributed by atoms with Gasteiger partial charge in [-0.3, -0.25) is 9.56 Å². The topological polar surface area (TPSA) is 67.1 Å². The van der Waals surface area contributed by atoms with Gasteiger partial charge in [0, 0.05) is 22.5 Å². The normalized spacial score (nSPS) is 11.5. The zero-order valence-corrected chi connectivity index (χ0v) is 14.5. The summed E-state index contributed by atoms with van der Waals surface area (Å²) in [5, 5.41) is 14.8. The van der Waals surface area contributed by atoms with Gasteiger partial charge in [-0.05, 0) is 31.2 Å². The first-order valence-corrected chi connectivity index (χ1v) is 8.52. The van der Waals surface area contributed by atoms with Gasteiger partial charge in [-0.2, -0.15) is 0 Å². The van der Waals surface area contributed by atoms with E-state index < -0.39 is 0 Å². The van der Waals surface area contributed by atoms with E-state index >= 15 is 0 Å². The van der Waals surface area contributed by atoms with Crippen molar-refractivity contribution in [2.75, 3.05) is 7.05 Å². The molecule has 0 atom stereocenters. The third-order valence-electron chi connectivity index (χ3n) is 3.52. The number of rotatable bonds is 5. The van der Waals surface area contributed by atoms with E-state index in [0.29, 0.717) is 6.54 Å². The van der Waals surface area contributed by atoms with Crippen LogP contribution >= 0.6 is 11.3 Å². The fourth-order valence-electron chi connectivity index (χ4n) is 2.32. The van der Waals surface area contributed by atoms with Gasteiger partial charge in [0.05, 0.1) is 13.1 Å². The molecule has 3 rings (SSSR count). The molecule has 1 aromatic carbocycles. The summed E-state index contributed by atoms with van der Waals surface area (Å²) in [6.07, 6.45) is 1.72. The fourth-order valence-corrected chi connectivity index (χ4v) is 3.15. The Labute approximate surface area is 145 Å². The molecule has 6 nitrogen and oxygen atoms in total. The Hall–Kier alpha value is -2.67. The first kappa shape index (κ1) is 16.2. The van der Waals surface area contributed by atoms with Crippen molar-refractivity contribution in [1.29, 1.82) is 0 Å². The van der Waals surface area contributed by atoms with Crippen molar-refractivity contribution in [2.24, 2.45) is 4.99 Å². The van der Waals surface area contributed by atoms with Crippen LogP contribution in [0.2, 0.25) is 0 Å². The van der Waals surface area contributed by atoms with E-state index in [1.165, 1.54) is 9.75 Å². The predicted molar refractivity (Wildman–Crippen MR) is 97.5 cm³/mol. The Balaban J connectivity index is 1.59. The van der Waals surface area contributed by atoms with Crippen molar-refractivity contribution in [2.45, 2.75) is 20.0 Å². The third kappa shape index (κ3) is 3.99. The van der Waals surface area contributed by atoms with Gasteiger partial charge in [0.25, 0.3) is 0 Å². The van der Waals surface area contributed by atoms with Crippen LogP contribution in [0.4, 0.5) is 0 Å². The molecule has 2 N–H and O–H groups in total. The molecule has 124 valence electrons. The number of hydrogen-bond donors (Lipinski definition) is 2. The molecule has 7 heteroatoms. The first-order valence-electron chi connectivity index (χ1n) is 7.70. The van der Waals surface area contributed by atoms with Crippen LogP contribution in [0, 0.1) is 6.92 Å². The summed E-state index contributed by atoms with van der Waals surface area (Å²) in [7, 11) is 1.76. The van der Waals surface area contributed by atoms with E-state index in [2.05, 4.69) is 44.9 Å². The molecule has 3 aromatic rings. The van der Waals surface area contributed by atoms with Crippen LogP contribution in [-0.2, 0) is 13.1 Å². The molecule has 0 fully saturated rings. The van der Waals surface area contributed by atoms with Crippen LogP contribution in [0.5, 0.6) is 0 Å². The molecule has 2 aromatic heterocycles. The van der Waals surface area contributed by atoms with E-state index in [-0.39, 0.29) is 0 Å². The largest absolute Gasteiger partial charge is 0.352 e.